The zero-order valence-electron chi connectivity index (χ0n) is 25.4. The Morgan fingerprint density at radius 3 is 1.35 bits per heavy atom. The number of para-hydroxylation sites is 2. The van der Waals surface area contributed by atoms with Gasteiger partial charge in [-0.05, 0) is 0 Å². The fourth-order valence-electron chi connectivity index (χ4n) is 5.64. The summed E-state index contributed by atoms with van der Waals surface area (Å²) < 4.78 is 1.55. The SMILES string of the molecule is C=C[CH]([Pd]=[C]1N(c2c(C(C)C)cccc2C(C)C)CCN1c1c(C(C)C)cccc1C(C)C)c1ccccc1Cl. The van der Waals surface area contributed by atoms with Crippen LogP contribution in [0.25, 0.3) is 0 Å². The Kier molecular flexibility index (Phi) is 10.2. The second kappa shape index (κ2) is 13.2. The fraction of sp³-hybridized carbons (Fsp3) is 0.417. The van der Waals surface area contributed by atoms with Crippen molar-refractivity contribution in [1.82, 2.24) is 0 Å². The molecule has 0 N–H and O–H groups in total. The van der Waals surface area contributed by atoms with Crippen molar-refractivity contribution in [3.63, 3.8) is 0 Å². The van der Waals surface area contributed by atoms with Gasteiger partial charge in [-0.3, -0.25) is 0 Å². The molecule has 0 radical (unpaired) electrons. The maximum absolute atomic E-state index is 6.78. The Morgan fingerprint density at radius 2 is 1.00 bits per heavy atom. The molecule has 0 bridgehead atoms. The monoisotopic (exact) mass is 647 g/mol. The molecule has 1 saturated heterocycles. The van der Waals surface area contributed by atoms with E-state index in [1.807, 2.05) is 12.1 Å². The van der Waals surface area contributed by atoms with E-state index in [-0.39, 0.29) is 21.9 Å². The predicted molar refractivity (Wildman–Crippen MR) is 173 cm³/mol. The van der Waals surface area contributed by atoms with Crippen LogP contribution >= 0.6 is 11.6 Å². The van der Waals surface area contributed by atoms with Crippen molar-refractivity contribution in [1.29, 1.82) is 0 Å². The Morgan fingerprint density at radius 1 is 0.625 bits per heavy atom. The molecule has 1 aliphatic heterocycles. The van der Waals surface area contributed by atoms with Crippen LogP contribution in [0.15, 0.2) is 73.3 Å². The van der Waals surface area contributed by atoms with Crippen LogP contribution in [-0.2, 0) is 17.5 Å². The molecule has 3 aromatic carbocycles. The zero-order valence-corrected chi connectivity index (χ0v) is 27.8. The summed E-state index contributed by atoms with van der Waals surface area (Å²) in [6.45, 7) is 24.8. The summed E-state index contributed by atoms with van der Waals surface area (Å²) in [5, 5.41) is 0.818. The number of allylic oxidation sites excluding steroid dienone is 1. The third-order valence-corrected chi connectivity index (χ3v) is 10.7. The van der Waals surface area contributed by atoms with E-state index in [9.17, 15) is 0 Å². The van der Waals surface area contributed by atoms with Crippen LogP contribution in [0.5, 0.6) is 0 Å². The third kappa shape index (κ3) is 6.18. The summed E-state index contributed by atoms with van der Waals surface area (Å²) >= 11 is 6.99. The van der Waals surface area contributed by atoms with E-state index in [1.165, 1.54) is 37.9 Å². The number of benzene rings is 3. The van der Waals surface area contributed by atoms with Crippen LogP contribution in [0.3, 0.4) is 0 Å². The van der Waals surface area contributed by atoms with Crippen molar-refractivity contribution in [3.05, 3.63) is 106 Å². The summed E-state index contributed by atoms with van der Waals surface area (Å²) in [4.78, 5) is 5.32. The Balaban J connectivity index is 2.02. The van der Waals surface area contributed by atoms with Crippen molar-refractivity contribution < 1.29 is 17.5 Å². The first kappa shape index (κ1) is 30.8. The van der Waals surface area contributed by atoms with Crippen LogP contribution in [-0.4, -0.2) is 17.3 Å². The number of rotatable bonds is 9. The van der Waals surface area contributed by atoms with E-state index in [0.29, 0.717) is 23.7 Å². The van der Waals surface area contributed by atoms with E-state index >= 15 is 0 Å². The molecule has 1 heterocycles. The fourth-order valence-corrected chi connectivity index (χ4v) is 8.45. The minimum absolute atomic E-state index is 0.156. The molecule has 1 atom stereocenters. The van der Waals surface area contributed by atoms with Gasteiger partial charge in [-0.2, -0.15) is 0 Å². The number of hydrogen-bond acceptors (Lipinski definition) is 2. The standard InChI is InChI=1S/C27H38N2.C9H8Cl.Pd/c1-18(2)22-11-9-12-23(19(3)4)26(22)28-15-16-29(17-28)27-24(20(5)6)13-10-14-25(27)21(7)8;1-2-5-8-6-3-4-7-9(8)10;/h9-14,18-21H,15-16H2,1-8H3;2-7H,1H2;. The van der Waals surface area contributed by atoms with Gasteiger partial charge in [-0.15, -0.1) is 0 Å². The van der Waals surface area contributed by atoms with Crippen LogP contribution in [0.1, 0.15) is 111 Å². The Labute approximate surface area is 256 Å². The Bertz CT molecular complexity index is 1240. The number of anilines is 2. The van der Waals surface area contributed by atoms with Gasteiger partial charge in [0.2, 0.25) is 0 Å². The van der Waals surface area contributed by atoms with Crippen LogP contribution < -0.4 is 9.80 Å². The molecule has 0 saturated carbocycles. The van der Waals surface area contributed by atoms with Crippen molar-refractivity contribution in [2.75, 3.05) is 22.9 Å². The van der Waals surface area contributed by atoms with Crippen molar-refractivity contribution >= 4 is 27.2 Å². The molecular weight excluding hydrogens is 602 g/mol. The molecular formula is C36H46ClN2Pd. The molecule has 1 fully saturated rings. The zero-order chi connectivity index (χ0) is 29.1. The van der Waals surface area contributed by atoms with E-state index in [2.05, 4.69) is 126 Å². The maximum atomic E-state index is 6.78. The summed E-state index contributed by atoms with van der Waals surface area (Å²) in [5.41, 5.74) is 9.66. The molecule has 4 rings (SSSR count). The van der Waals surface area contributed by atoms with Crippen LogP contribution in [0.2, 0.25) is 5.02 Å². The van der Waals surface area contributed by atoms with Crippen molar-refractivity contribution in [3.8, 4) is 0 Å². The van der Waals surface area contributed by atoms with Gasteiger partial charge >= 0.3 is 257 Å². The molecule has 40 heavy (non-hydrogen) atoms. The Hall–Kier alpha value is -2.18. The third-order valence-electron chi connectivity index (χ3n) is 7.74. The van der Waals surface area contributed by atoms with E-state index < -0.39 is 0 Å². The molecule has 0 aromatic heterocycles. The average Bonchev–Trinajstić information content (AvgIpc) is 3.33. The quantitative estimate of drug-likeness (QED) is 0.168. The number of hydrogen-bond donors (Lipinski definition) is 0. The second-order valence-electron chi connectivity index (χ2n) is 11.9. The topological polar surface area (TPSA) is 6.48 Å². The van der Waals surface area contributed by atoms with Crippen molar-refractivity contribution in [2.24, 2.45) is 0 Å². The van der Waals surface area contributed by atoms with E-state index in [1.54, 1.807) is 0 Å². The molecule has 1 aliphatic rings. The summed E-state index contributed by atoms with van der Waals surface area (Å²) in [6, 6.07) is 22.1. The molecule has 0 spiro atoms. The number of halogens is 1. The van der Waals surface area contributed by atoms with Gasteiger partial charge in [0.05, 0.1) is 0 Å². The van der Waals surface area contributed by atoms with Gasteiger partial charge in [-0.1, -0.05) is 0 Å². The second-order valence-corrected chi connectivity index (χ2v) is 14.5. The number of nitrogens with zero attached hydrogens (tertiary/aromatic N) is 2. The first-order valence-corrected chi connectivity index (χ1v) is 16.7. The van der Waals surface area contributed by atoms with Gasteiger partial charge in [0.15, 0.2) is 0 Å². The summed E-state index contributed by atoms with van der Waals surface area (Å²) in [6.07, 6.45) is 2.10. The normalized spacial score (nSPS) is 14.9. The van der Waals surface area contributed by atoms with E-state index in [4.69, 9.17) is 11.6 Å². The van der Waals surface area contributed by atoms with Crippen LogP contribution in [0, 0.1) is 0 Å². The van der Waals surface area contributed by atoms with Gasteiger partial charge in [0.1, 0.15) is 0 Å². The first-order chi connectivity index (χ1) is 19.1. The van der Waals surface area contributed by atoms with Gasteiger partial charge < -0.3 is 0 Å². The molecule has 0 aliphatic carbocycles. The molecule has 4 heteroatoms. The summed E-state index contributed by atoms with van der Waals surface area (Å²) in [5.74, 6) is 1.73. The molecule has 0 amide bonds. The van der Waals surface area contributed by atoms with Crippen molar-refractivity contribution in [2.45, 2.75) is 83.5 Å². The molecule has 2 nitrogen and oxygen atoms in total. The molecule has 1 unspecified atom stereocenters. The predicted octanol–water partition coefficient (Wildman–Crippen LogP) is 10.3. The van der Waals surface area contributed by atoms with E-state index in [0.717, 1.165) is 23.7 Å². The molecule has 217 valence electrons. The van der Waals surface area contributed by atoms with Gasteiger partial charge in [-0.25, -0.2) is 0 Å². The summed E-state index contributed by atoms with van der Waals surface area (Å²) in [7, 11) is 0. The van der Waals surface area contributed by atoms with Crippen LogP contribution in [0.4, 0.5) is 11.4 Å². The molecule has 3 aromatic rings. The van der Waals surface area contributed by atoms with Gasteiger partial charge in [0.25, 0.3) is 0 Å². The van der Waals surface area contributed by atoms with Gasteiger partial charge in [0, 0.05) is 0 Å². The minimum atomic E-state index is 0.156. The average molecular weight is 649 g/mol. The first-order valence-electron chi connectivity index (χ1n) is 14.7.